The molecule has 2 heterocycles. The van der Waals surface area contributed by atoms with Crippen molar-refractivity contribution in [2.24, 2.45) is 0 Å². The van der Waals surface area contributed by atoms with E-state index in [1.807, 2.05) is 30.3 Å². The lowest BCUT2D eigenvalue weighted by Crippen LogP contribution is -2.53. The number of carbonyl (C=O) groups excluding carboxylic acids is 3. The molecule has 4 rings (SSSR count). The molecule has 2 atom stereocenters. The number of hydrogen-bond acceptors (Lipinski definition) is 7. The van der Waals surface area contributed by atoms with Crippen LogP contribution in [0.15, 0.2) is 65.7 Å². The molecule has 182 valence electrons. The number of ketones is 1. The molecule has 1 saturated heterocycles. The smallest absolute Gasteiger partial charge is 0.410 e. The van der Waals surface area contributed by atoms with Gasteiger partial charge in [0.15, 0.2) is 5.78 Å². The SMILES string of the molecule is CC(=O)O[C@@H]1CCCN(C(=O)OCc2ccccc2)[C@H]1CC(=O)Cn1cnc2ccccc2c1=O. The maximum Gasteiger partial charge on any atom is 0.410 e. The summed E-state index contributed by atoms with van der Waals surface area (Å²) in [5.74, 6) is -0.768. The average molecular weight is 478 g/mol. The van der Waals surface area contributed by atoms with Gasteiger partial charge in [0.25, 0.3) is 5.56 Å². The van der Waals surface area contributed by atoms with Crippen molar-refractivity contribution >= 4 is 28.7 Å². The number of benzene rings is 2. The molecule has 0 aliphatic carbocycles. The molecule has 1 aliphatic rings. The van der Waals surface area contributed by atoms with E-state index in [1.165, 1.54) is 22.7 Å². The number of esters is 1. The maximum absolute atomic E-state index is 13.0. The third-order valence-corrected chi connectivity index (χ3v) is 5.99. The number of nitrogens with zero attached hydrogens (tertiary/aromatic N) is 3. The Balaban J connectivity index is 1.49. The molecule has 0 radical (unpaired) electrons. The first-order chi connectivity index (χ1) is 16.9. The van der Waals surface area contributed by atoms with Crippen LogP contribution in [-0.4, -0.2) is 51.0 Å². The number of amides is 1. The molecule has 2 aromatic carbocycles. The van der Waals surface area contributed by atoms with Gasteiger partial charge < -0.3 is 14.4 Å². The van der Waals surface area contributed by atoms with Crippen LogP contribution in [0.25, 0.3) is 10.9 Å². The molecule has 3 aromatic rings. The Morgan fingerprint density at radius 1 is 1.06 bits per heavy atom. The Labute approximate surface area is 202 Å². The largest absolute Gasteiger partial charge is 0.460 e. The molecule has 9 nitrogen and oxygen atoms in total. The summed E-state index contributed by atoms with van der Waals surface area (Å²) in [6, 6.07) is 15.5. The predicted octanol–water partition coefficient (Wildman–Crippen LogP) is 3.09. The monoisotopic (exact) mass is 477 g/mol. The van der Waals surface area contributed by atoms with Gasteiger partial charge in [-0.25, -0.2) is 9.78 Å². The molecule has 35 heavy (non-hydrogen) atoms. The van der Waals surface area contributed by atoms with Gasteiger partial charge in [-0.15, -0.1) is 0 Å². The second-order valence-corrected chi connectivity index (χ2v) is 8.53. The predicted molar refractivity (Wildman–Crippen MR) is 128 cm³/mol. The van der Waals surface area contributed by atoms with Gasteiger partial charge in [-0.1, -0.05) is 42.5 Å². The lowest BCUT2D eigenvalue weighted by Gasteiger charge is -2.39. The van der Waals surface area contributed by atoms with Crippen molar-refractivity contribution in [2.45, 2.75) is 51.5 Å². The first-order valence-electron chi connectivity index (χ1n) is 11.5. The molecule has 0 spiro atoms. The topological polar surface area (TPSA) is 108 Å². The third-order valence-electron chi connectivity index (χ3n) is 5.99. The van der Waals surface area contributed by atoms with Gasteiger partial charge in [-0.05, 0) is 30.5 Å². The number of hydrogen-bond donors (Lipinski definition) is 0. The number of piperidine rings is 1. The highest BCUT2D eigenvalue weighted by Crippen LogP contribution is 2.25. The van der Waals surface area contributed by atoms with Crippen molar-refractivity contribution in [3.8, 4) is 0 Å². The van der Waals surface area contributed by atoms with Crippen LogP contribution in [0.5, 0.6) is 0 Å². The first kappa shape index (κ1) is 24.1. The number of carbonyl (C=O) groups is 3. The van der Waals surface area contributed by atoms with Crippen molar-refractivity contribution in [1.82, 2.24) is 14.5 Å². The van der Waals surface area contributed by atoms with Crippen LogP contribution in [0.1, 0.15) is 31.7 Å². The number of likely N-dealkylation sites (tertiary alicyclic amines) is 1. The number of fused-ring (bicyclic) bond motifs is 1. The van der Waals surface area contributed by atoms with Crippen LogP contribution in [0.3, 0.4) is 0 Å². The Morgan fingerprint density at radius 3 is 2.57 bits per heavy atom. The Kier molecular flexibility index (Phi) is 7.54. The van der Waals surface area contributed by atoms with E-state index in [-0.39, 0.29) is 30.9 Å². The summed E-state index contributed by atoms with van der Waals surface area (Å²) >= 11 is 0. The van der Waals surface area contributed by atoms with Gasteiger partial charge in [0.1, 0.15) is 12.7 Å². The summed E-state index contributed by atoms with van der Waals surface area (Å²) in [7, 11) is 0. The van der Waals surface area contributed by atoms with Crippen LogP contribution >= 0.6 is 0 Å². The van der Waals surface area contributed by atoms with E-state index < -0.39 is 24.2 Å². The lowest BCUT2D eigenvalue weighted by atomic mass is 9.94. The van der Waals surface area contributed by atoms with Crippen molar-refractivity contribution < 1.29 is 23.9 Å². The molecule has 0 bridgehead atoms. The standard InChI is InChI=1S/C26H27N3O6/c1-18(30)35-24-12-7-13-29(26(33)34-16-19-8-3-2-4-9-19)23(24)14-20(31)15-28-17-27-22-11-6-5-10-21(22)25(28)32/h2-6,8-11,17,23-24H,7,12-16H2,1H3/t23-,24+/m0/s1. The number of para-hydroxylation sites is 1. The van der Waals surface area contributed by atoms with E-state index in [0.29, 0.717) is 30.3 Å². The highest BCUT2D eigenvalue weighted by Gasteiger charge is 2.38. The molecule has 0 N–H and O–H groups in total. The van der Waals surface area contributed by atoms with Gasteiger partial charge >= 0.3 is 12.1 Å². The Bertz CT molecular complexity index is 1270. The summed E-state index contributed by atoms with van der Waals surface area (Å²) in [5.41, 5.74) is 1.07. The molecule has 9 heteroatoms. The van der Waals surface area contributed by atoms with Crippen LogP contribution in [0.4, 0.5) is 4.79 Å². The zero-order valence-electron chi connectivity index (χ0n) is 19.5. The highest BCUT2D eigenvalue weighted by atomic mass is 16.6. The average Bonchev–Trinajstić information content (AvgIpc) is 2.86. The fraction of sp³-hybridized carbons (Fsp3) is 0.346. The second-order valence-electron chi connectivity index (χ2n) is 8.53. The lowest BCUT2D eigenvalue weighted by molar-refractivity contribution is -0.153. The van der Waals surface area contributed by atoms with Crippen molar-refractivity contribution in [3.05, 3.63) is 76.8 Å². The van der Waals surface area contributed by atoms with Gasteiger partial charge in [-0.3, -0.25) is 19.0 Å². The molecular formula is C26H27N3O6. The second kappa shape index (κ2) is 10.9. The van der Waals surface area contributed by atoms with Crippen molar-refractivity contribution in [1.29, 1.82) is 0 Å². The Hall–Kier alpha value is -4.01. The molecule has 1 aromatic heterocycles. The number of rotatable bonds is 7. The van der Waals surface area contributed by atoms with E-state index in [1.54, 1.807) is 24.3 Å². The number of ether oxygens (including phenoxy) is 2. The molecule has 0 saturated carbocycles. The van der Waals surface area contributed by atoms with Crippen LogP contribution in [-0.2, 0) is 32.2 Å². The van der Waals surface area contributed by atoms with Crippen LogP contribution < -0.4 is 5.56 Å². The molecule has 1 aliphatic heterocycles. The van der Waals surface area contributed by atoms with Crippen molar-refractivity contribution in [2.75, 3.05) is 6.54 Å². The first-order valence-corrected chi connectivity index (χ1v) is 11.5. The van der Waals surface area contributed by atoms with Gasteiger partial charge in [0.05, 0.1) is 29.8 Å². The minimum absolute atomic E-state index is 0.0857. The third kappa shape index (κ3) is 5.92. The van der Waals surface area contributed by atoms with E-state index in [2.05, 4.69) is 4.98 Å². The van der Waals surface area contributed by atoms with Crippen LogP contribution in [0, 0.1) is 0 Å². The van der Waals surface area contributed by atoms with Gasteiger partial charge in [0.2, 0.25) is 0 Å². The van der Waals surface area contributed by atoms with Crippen LogP contribution in [0.2, 0.25) is 0 Å². The maximum atomic E-state index is 13.0. The zero-order chi connectivity index (χ0) is 24.8. The highest BCUT2D eigenvalue weighted by molar-refractivity contribution is 5.81. The normalized spacial score (nSPS) is 17.7. The molecule has 1 fully saturated rings. The number of Topliss-reactive ketones (excluding diaryl/α,β-unsaturated/α-hetero) is 1. The molecule has 1 amide bonds. The quantitative estimate of drug-likeness (QED) is 0.481. The van der Waals surface area contributed by atoms with E-state index >= 15 is 0 Å². The summed E-state index contributed by atoms with van der Waals surface area (Å²) in [4.78, 5) is 56.2. The molecule has 0 unspecified atom stereocenters. The fourth-order valence-corrected chi connectivity index (χ4v) is 4.35. The zero-order valence-corrected chi connectivity index (χ0v) is 19.5. The minimum Gasteiger partial charge on any atom is -0.460 e. The van der Waals surface area contributed by atoms with Crippen molar-refractivity contribution in [3.63, 3.8) is 0 Å². The fourth-order valence-electron chi connectivity index (χ4n) is 4.35. The number of aromatic nitrogens is 2. The minimum atomic E-state index is -0.687. The molecular weight excluding hydrogens is 450 g/mol. The van der Waals surface area contributed by atoms with E-state index in [0.717, 1.165) is 5.56 Å². The summed E-state index contributed by atoms with van der Waals surface area (Å²) in [5, 5.41) is 0.421. The van der Waals surface area contributed by atoms with E-state index in [9.17, 15) is 19.2 Å². The summed E-state index contributed by atoms with van der Waals surface area (Å²) in [6.45, 7) is 1.56. The Morgan fingerprint density at radius 2 is 1.80 bits per heavy atom. The summed E-state index contributed by atoms with van der Waals surface area (Å²) < 4.78 is 12.2. The van der Waals surface area contributed by atoms with Gasteiger partial charge in [-0.2, -0.15) is 0 Å². The van der Waals surface area contributed by atoms with E-state index in [4.69, 9.17) is 9.47 Å². The summed E-state index contributed by atoms with van der Waals surface area (Å²) in [6.07, 6.45) is 1.18. The van der Waals surface area contributed by atoms with Gasteiger partial charge in [0, 0.05) is 19.9 Å².